The van der Waals surface area contributed by atoms with Crippen LogP contribution in [0.15, 0.2) is 71.3 Å². The number of para-hydroxylation sites is 2. The fraction of sp³-hybridized carbons (Fsp3) is 0.0556. The zero-order valence-corrected chi connectivity index (χ0v) is 11.2. The van der Waals surface area contributed by atoms with Gasteiger partial charge in [0.25, 0.3) is 0 Å². The first-order chi connectivity index (χ1) is 9.86. The summed E-state index contributed by atoms with van der Waals surface area (Å²) in [4.78, 5) is 0. The molecule has 0 saturated heterocycles. The number of fused-ring (bicyclic) bond motifs is 2. The molecular weight excluding hydrogens is 246 g/mol. The van der Waals surface area contributed by atoms with Gasteiger partial charge in [0.05, 0.1) is 17.0 Å². The Kier molecular flexibility index (Phi) is 2.36. The third-order valence-electron chi connectivity index (χ3n) is 3.84. The van der Waals surface area contributed by atoms with Gasteiger partial charge < -0.3 is 4.42 Å². The van der Waals surface area contributed by atoms with Gasteiger partial charge in [0.1, 0.15) is 12.8 Å². The largest absolute Gasteiger partial charge is 0.464 e. The lowest BCUT2D eigenvalue weighted by Crippen LogP contribution is -2.30. The molecule has 4 rings (SSSR count). The minimum atomic E-state index is 0.915. The molecule has 2 heteroatoms. The van der Waals surface area contributed by atoms with Crippen LogP contribution >= 0.6 is 0 Å². The molecule has 0 bridgehead atoms. The SMILES string of the molecule is C[n+]1c2ccccc2c(-c2ccco2)c2ccccc21. The monoisotopic (exact) mass is 260 g/mol. The van der Waals surface area contributed by atoms with Crippen molar-refractivity contribution in [2.75, 3.05) is 0 Å². The molecule has 4 aromatic rings. The predicted molar refractivity (Wildman–Crippen MR) is 80.3 cm³/mol. The number of pyridine rings is 1. The van der Waals surface area contributed by atoms with Gasteiger partial charge in [-0.15, -0.1) is 0 Å². The zero-order chi connectivity index (χ0) is 13.5. The van der Waals surface area contributed by atoms with Crippen LogP contribution in [0, 0.1) is 0 Å². The van der Waals surface area contributed by atoms with Crippen molar-refractivity contribution in [3.8, 4) is 11.3 Å². The zero-order valence-electron chi connectivity index (χ0n) is 11.2. The van der Waals surface area contributed by atoms with Crippen LogP contribution in [0.25, 0.3) is 33.1 Å². The van der Waals surface area contributed by atoms with Crippen molar-refractivity contribution in [3.05, 3.63) is 66.9 Å². The number of furan rings is 1. The van der Waals surface area contributed by atoms with Gasteiger partial charge in [-0.25, -0.2) is 0 Å². The Morgan fingerprint density at radius 3 is 1.90 bits per heavy atom. The van der Waals surface area contributed by atoms with Gasteiger partial charge in [-0.05, 0) is 24.3 Å². The fourth-order valence-corrected chi connectivity index (χ4v) is 2.92. The number of aryl methyl sites for hydroxylation is 1. The lowest BCUT2D eigenvalue weighted by Gasteiger charge is -2.07. The third kappa shape index (κ3) is 1.48. The lowest BCUT2D eigenvalue weighted by molar-refractivity contribution is -0.617. The Balaban J connectivity index is 2.31. The number of hydrogen-bond acceptors (Lipinski definition) is 1. The molecule has 0 atom stereocenters. The van der Waals surface area contributed by atoms with Gasteiger partial charge in [-0.1, -0.05) is 24.3 Å². The minimum Gasteiger partial charge on any atom is -0.464 e. The van der Waals surface area contributed by atoms with E-state index in [1.807, 2.05) is 12.1 Å². The molecule has 0 saturated carbocycles. The van der Waals surface area contributed by atoms with Crippen molar-refractivity contribution in [2.24, 2.45) is 7.05 Å². The van der Waals surface area contributed by atoms with E-state index in [1.54, 1.807) is 6.26 Å². The molecule has 0 aliphatic carbocycles. The smallest absolute Gasteiger partial charge is 0.213 e. The summed E-state index contributed by atoms with van der Waals surface area (Å²) in [6.45, 7) is 0. The Morgan fingerprint density at radius 1 is 0.750 bits per heavy atom. The molecule has 20 heavy (non-hydrogen) atoms. The van der Waals surface area contributed by atoms with E-state index < -0.39 is 0 Å². The molecule has 0 fully saturated rings. The normalized spacial score (nSPS) is 11.2. The van der Waals surface area contributed by atoms with E-state index in [2.05, 4.69) is 60.1 Å². The van der Waals surface area contributed by atoms with E-state index in [9.17, 15) is 0 Å². The molecule has 2 aromatic carbocycles. The summed E-state index contributed by atoms with van der Waals surface area (Å²) in [6, 6.07) is 20.8. The maximum Gasteiger partial charge on any atom is 0.213 e. The maximum atomic E-state index is 5.67. The first-order valence-electron chi connectivity index (χ1n) is 6.69. The van der Waals surface area contributed by atoms with Gasteiger partial charge in [0, 0.05) is 17.7 Å². The minimum absolute atomic E-state index is 0.915. The Hall–Kier alpha value is -2.61. The second-order valence-electron chi connectivity index (χ2n) is 4.95. The second kappa shape index (κ2) is 4.20. The number of hydrogen-bond donors (Lipinski definition) is 0. The number of aromatic nitrogens is 1. The van der Waals surface area contributed by atoms with Crippen LogP contribution in [-0.4, -0.2) is 0 Å². The van der Waals surface area contributed by atoms with Crippen molar-refractivity contribution in [1.29, 1.82) is 0 Å². The van der Waals surface area contributed by atoms with Gasteiger partial charge in [0.2, 0.25) is 11.0 Å². The van der Waals surface area contributed by atoms with Crippen LogP contribution < -0.4 is 4.57 Å². The standard InChI is InChI=1S/C18H14NO/c1-19-15-9-4-2-7-13(15)18(17-11-6-12-20-17)14-8-3-5-10-16(14)19/h2-12H,1H3/q+1. The summed E-state index contributed by atoms with van der Waals surface area (Å²) < 4.78 is 7.90. The highest BCUT2D eigenvalue weighted by Gasteiger charge is 2.19. The van der Waals surface area contributed by atoms with Crippen molar-refractivity contribution < 1.29 is 8.98 Å². The highest BCUT2D eigenvalue weighted by atomic mass is 16.3. The first-order valence-corrected chi connectivity index (χ1v) is 6.69. The summed E-state index contributed by atoms with van der Waals surface area (Å²) in [5.74, 6) is 0.915. The van der Waals surface area contributed by atoms with Crippen molar-refractivity contribution in [2.45, 2.75) is 0 Å². The van der Waals surface area contributed by atoms with E-state index in [0.717, 1.165) is 5.76 Å². The Labute approximate surface area is 116 Å². The molecule has 0 radical (unpaired) electrons. The van der Waals surface area contributed by atoms with Crippen LogP contribution in [0.3, 0.4) is 0 Å². The molecule has 2 nitrogen and oxygen atoms in total. The van der Waals surface area contributed by atoms with Crippen LogP contribution in [0.5, 0.6) is 0 Å². The molecule has 0 aliphatic rings. The van der Waals surface area contributed by atoms with E-state index in [0.29, 0.717) is 0 Å². The molecule has 96 valence electrons. The highest BCUT2D eigenvalue weighted by molar-refractivity contribution is 6.05. The average molecular weight is 260 g/mol. The van der Waals surface area contributed by atoms with E-state index in [4.69, 9.17) is 4.42 Å². The number of rotatable bonds is 1. The van der Waals surface area contributed by atoms with Gasteiger partial charge in [0.15, 0.2) is 0 Å². The summed E-state index contributed by atoms with van der Waals surface area (Å²) >= 11 is 0. The predicted octanol–water partition coefficient (Wildman–Crippen LogP) is 4.08. The Morgan fingerprint density at radius 2 is 1.35 bits per heavy atom. The summed E-state index contributed by atoms with van der Waals surface area (Å²) in [5.41, 5.74) is 3.58. The van der Waals surface area contributed by atoms with E-state index in [1.165, 1.54) is 27.4 Å². The van der Waals surface area contributed by atoms with Gasteiger partial charge >= 0.3 is 0 Å². The lowest BCUT2D eigenvalue weighted by atomic mass is 10.0. The summed E-state index contributed by atoms with van der Waals surface area (Å²) in [6.07, 6.45) is 1.73. The van der Waals surface area contributed by atoms with Crippen LogP contribution in [0.2, 0.25) is 0 Å². The molecule has 0 aliphatic heterocycles. The molecule has 0 amide bonds. The summed E-state index contributed by atoms with van der Waals surface area (Å²) in [5, 5.41) is 2.42. The average Bonchev–Trinajstić information content (AvgIpc) is 3.02. The first kappa shape index (κ1) is 11.2. The topological polar surface area (TPSA) is 17.0 Å². The van der Waals surface area contributed by atoms with E-state index >= 15 is 0 Å². The van der Waals surface area contributed by atoms with Crippen LogP contribution in [0.1, 0.15) is 0 Å². The van der Waals surface area contributed by atoms with Crippen molar-refractivity contribution in [1.82, 2.24) is 0 Å². The van der Waals surface area contributed by atoms with Crippen molar-refractivity contribution in [3.63, 3.8) is 0 Å². The van der Waals surface area contributed by atoms with Gasteiger partial charge in [-0.2, -0.15) is 4.57 Å². The second-order valence-corrected chi connectivity index (χ2v) is 4.95. The number of benzene rings is 2. The van der Waals surface area contributed by atoms with Crippen LogP contribution in [0.4, 0.5) is 0 Å². The molecule has 0 N–H and O–H groups in total. The molecule has 0 unspecified atom stereocenters. The van der Waals surface area contributed by atoms with Gasteiger partial charge in [-0.3, -0.25) is 0 Å². The molecule has 2 heterocycles. The summed E-state index contributed by atoms with van der Waals surface area (Å²) in [7, 11) is 2.11. The fourth-order valence-electron chi connectivity index (χ4n) is 2.92. The van der Waals surface area contributed by atoms with Crippen molar-refractivity contribution >= 4 is 21.8 Å². The maximum absolute atomic E-state index is 5.67. The Bertz CT molecular complexity index is 850. The van der Waals surface area contributed by atoms with Crippen LogP contribution in [-0.2, 0) is 7.05 Å². The third-order valence-corrected chi connectivity index (χ3v) is 3.84. The molecule has 2 aromatic heterocycles. The molecule has 0 spiro atoms. The molecular formula is C18H14NO+. The number of nitrogens with zero attached hydrogens (tertiary/aromatic N) is 1. The highest BCUT2D eigenvalue weighted by Crippen LogP contribution is 2.33. The van der Waals surface area contributed by atoms with E-state index in [-0.39, 0.29) is 0 Å². The quantitative estimate of drug-likeness (QED) is 0.372.